The molecule has 0 unspecified atom stereocenters. The zero-order valence-corrected chi connectivity index (χ0v) is 11.3. The number of phenolic OH excluding ortho intramolecular Hbond substituents is 1. The smallest absolute Gasteiger partial charge is 0.123 e. The van der Waals surface area contributed by atoms with Gasteiger partial charge in [-0.3, -0.25) is 0 Å². The number of hydrogen-bond acceptors (Lipinski definition) is 2. The van der Waals surface area contributed by atoms with Crippen LogP contribution >= 0.6 is 0 Å². The molecule has 0 spiro atoms. The SMILES string of the molecule is Oc1ccccc1-c1cccc2nc3ccccc3cc12. The Labute approximate surface area is 122 Å². The molecule has 4 rings (SSSR count). The maximum atomic E-state index is 10.1. The number of para-hydroxylation sites is 2. The highest BCUT2D eigenvalue weighted by molar-refractivity contribution is 6.01. The van der Waals surface area contributed by atoms with Gasteiger partial charge >= 0.3 is 0 Å². The van der Waals surface area contributed by atoms with Gasteiger partial charge in [0.2, 0.25) is 0 Å². The fourth-order valence-electron chi connectivity index (χ4n) is 2.74. The van der Waals surface area contributed by atoms with Crippen molar-refractivity contribution in [2.45, 2.75) is 0 Å². The molecule has 1 heterocycles. The van der Waals surface area contributed by atoms with Gasteiger partial charge in [0.25, 0.3) is 0 Å². The quantitative estimate of drug-likeness (QED) is 0.506. The highest BCUT2D eigenvalue weighted by Gasteiger charge is 2.09. The number of aromatic nitrogens is 1. The van der Waals surface area contributed by atoms with Crippen molar-refractivity contribution in [3.63, 3.8) is 0 Å². The normalized spacial score (nSPS) is 11.0. The van der Waals surface area contributed by atoms with E-state index in [9.17, 15) is 5.11 Å². The monoisotopic (exact) mass is 271 g/mol. The average molecular weight is 271 g/mol. The van der Waals surface area contributed by atoms with E-state index in [0.29, 0.717) is 0 Å². The summed E-state index contributed by atoms with van der Waals surface area (Å²) >= 11 is 0. The molecule has 1 N–H and O–H groups in total. The molecule has 0 aliphatic carbocycles. The lowest BCUT2D eigenvalue weighted by Gasteiger charge is -2.09. The predicted molar refractivity (Wildman–Crippen MR) is 86.3 cm³/mol. The molecule has 0 aliphatic rings. The second-order valence-corrected chi connectivity index (χ2v) is 5.07. The third-order valence-corrected chi connectivity index (χ3v) is 3.75. The Morgan fingerprint density at radius 3 is 2.29 bits per heavy atom. The summed E-state index contributed by atoms with van der Waals surface area (Å²) in [5.74, 6) is 0.290. The number of pyridine rings is 1. The lowest BCUT2D eigenvalue weighted by Crippen LogP contribution is -1.86. The molecule has 3 aromatic carbocycles. The van der Waals surface area contributed by atoms with Gasteiger partial charge in [0, 0.05) is 16.3 Å². The molecule has 0 bridgehead atoms. The predicted octanol–water partition coefficient (Wildman–Crippen LogP) is 4.76. The van der Waals surface area contributed by atoms with E-state index in [0.717, 1.165) is 32.9 Å². The van der Waals surface area contributed by atoms with Gasteiger partial charge in [-0.25, -0.2) is 4.98 Å². The van der Waals surface area contributed by atoms with Crippen LogP contribution in [0.2, 0.25) is 0 Å². The van der Waals surface area contributed by atoms with Crippen LogP contribution < -0.4 is 0 Å². The molecule has 0 saturated carbocycles. The Morgan fingerprint density at radius 1 is 0.667 bits per heavy atom. The van der Waals surface area contributed by atoms with Crippen LogP contribution in [0.25, 0.3) is 32.9 Å². The first-order valence-corrected chi connectivity index (χ1v) is 6.90. The molecule has 100 valence electrons. The van der Waals surface area contributed by atoms with E-state index in [1.54, 1.807) is 6.07 Å². The van der Waals surface area contributed by atoms with Gasteiger partial charge in [-0.2, -0.15) is 0 Å². The zero-order valence-electron chi connectivity index (χ0n) is 11.3. The maximum Gasteiger partial charge on any atom is 0.123 e. The Morgan fingerprint density at radius 2 is 1.38 bits per heavy atom. The van der Waals surface area contributed by atoms with Crippen LogP contribution in [0.15, 0.2) is 72.8 Å². The van der Waals surface area contributed by atoms with E-state index >= 15 is 0 Å². The van der Waals surface area contributed by atoms with Gasteiger partial charge in [-0.05, 0) is 29.8 Å². The first-order chi connectivity index (χ1) is 10.3. The van der Waals surface area contributed by atoms with Gasteiger partial charge < -0.3 is 5.11 Å². The minimum Gasteiger partial charge on any atom is -0.507 e. The van der Waals surface area contributed by atoms with E-state index in [4.69, 9.17) is 4.98 Å². The summed E-state index contributed by atoms with van der Waals surface area (Å²) in [4.78, 5) is 4.71. The van der Waals surface area contributed by atoms with Gasteiger partial charge in [0.1, 0.15) is 5.75 Å². The Balaban J connectivity index is 2.10. The minimum absolute atomic E-state index is 0.290. The topological polar surface area (TPSA) is 33.1 Å². The highest BCUT2D eigenvalue weighted by atomic mass is 16.3. The van der Waals surface area contributed by atoms with E-state index in [1.807, 2.05) is 54.6 Å². The second-order valence-electron chi connectivity index (χ2n) is 5.07. The van der Waals surface area contributed by atoms with Crippen molar-refractivity contribution in [2.24, 2.45) is 0 Å². The summed E-state index contributed by atoms with van der Waals surface area (Å²) in [6.07, 6.45) is 0. The summed E-state index contributed by atoms with van der Waals surface area (Å²) < 4.78 is 0. The summed E-state index contributed by atoms with van der Waals surface area (Å²) in [5, 5.41) is 12.3. The fourth-order valence-corrected chi connectivity index (χ4v) is 2.74. The number of rotatable bonds is 1. The lowest BCUT2D eigenvalue weighted by molar-refractivity contribution is 0.477. The van der Waals surface area contributed by atoms with Crippen LogP contribution in [0.3, 0.4) is 0 Å². The molecule has 0 fully saturated rings. The van der Waals surface area contributed by atoms with Crippen LogP contribution in [0.4, 0.5) is 0 Å². The van der Waals surface area contributed by atoms with E-state index in [-0.39, 0.29) is 5.75 Å². The molecule has 0 radical (unpaired) electrons. The van der Waals surface area contributed by atoms with Crippen LogP contribution in [-0.2, 0) is 0 Å². The van der Waals surface area contributed by atoms with Crippen molar-refractivity contribution in [2.75, 3.05) is 0 Å². The van der Waals surface area contributed by atoms with Crippen LogP contribution in [0.5, 0.6) is 5.75 Å². The molecule has 2 heteroatoms. The Kier molecular flexibility index (Phi) is 2.61. The number of fused-ring (bicyclic) bond motifs is 2. The molecular weight excluding hydrogens is 258 g/mol. The maximum absolute atomic E-state index is 10.1. The summed E-state index contributed by atoms with van der Waals surface area (Å²) in [7, 11) is 0. The second kappa shape index (κ2) is 4.60. The van der Waals surface area contributed by atoms with Crippen molar-refractivity contribution >= 4 is 21.8 Å². The molecule has 1 aromatic heterocycles. The Hall–Kier alpha value is -2.87. The third kappa shape index (κ3) is 1.93. The molecule has 4 aromatic rings. The number of benzene rings is 3. The Bertz CT molecular complexity index is 960. The molecule has 0 aliphatic heterocycles. The number of nitrogens with zero attached hydrogens (tertiary/aromatic N) is 1. The van der Waals surface area contributed by atoms with E-state index in [1.165, 1.54) is 0 Å². The van der Waals surface area contributed by atoms with Crippen LogP contribution in [0, 0.1) is 0 Å². The molecule has 0 atom stereocenters. The molecule has 2 nitrogen and oxygen atoms in total. The van der Waals surface area contributed by atoms with E-state index in [2.05, 4.69) is 12.1 Å². The van der Waals surface area contributed by atoms with Crippen LogP contribution in [0.1, 0.15) is 0 Å². The summed E-state index contributed by atoms with van der Waals surface area (Å²) in [5.41, 5.74) is 3.76. The minimum atomic E-state index is 0.290. The fraction of sp³-hybridized carbons (Fsp3) is 0. The van der Waals surface area contributed by atoms with E-state index < -0.39 is 0 Å². The first-order valence-electron chi connectivity index (χ1n) is 6.90. The molecule has 0 saturated heterocycles. The van der Waals surface area contributed by atoms with Gasteiger partial charge in [0.05, 0.1) is 11.0 Å². The van der Waals surface area contributed by atoms with Gasteiger partial charge in [-0.15, -0.1) is 0 Å². The van der Waals surface area contributed by atoms with Crippen LogP contribution in [-0.4, -0.2) is 10.1 Å². The summed E-state index contributed by atoms with van der Waals surface area (Å²) in [6, 6.07) is 23.6. The molecule has 21 heavy (non-hydrogen) atoms. The van der Waals surface area contributed by atoms with Gasteiger partial charge in [0.15, 0.2) is 0 Å². The zero-order chi connectivity index (χ0) is 14.2. The highest BCUT2D eigenvalue weighted by Crippen LogP contribution is 2.34. The number of phenols is 1. The van der Waals surface area contributed by atoms with Crippen molar-refractivity contribution in [3.05, 3.63) is 72.8 Å². The van der Waals surface area contributed by atoms with Crippen molar-refractivity contribution in [1.29, 1.82) is 0 Å². The third-order valence-electron chi connectivity index (χ3n) is 3.75. The molecular formula is C19H13NO. The van der Waals surface area contributed by atoms with Crippen molar-refractivity contribution in [3.8, 4) is 16.9 Å². The largest absolute Gasteiger partial charge is 0.507 e. The first kappa shape index (κ1) is 11.9. The molecule has 0 amide bonds. The number of aromatic hydroxyl groups is 1. The van der Waals surface area contributed by atoms with Gasteiger partial charge in [-0.1, -0.05) is 48.5 Å². The lowest BCUT2D eigenvalue weighted by atomic mass is 9.98. The van der Waals surface area contributed by atoms with Crippen molar-refractivity contribution < 1.29 is 5.11 Å². The number of hydrogen-bond donors (Lipinski definition) is 1. The summed E-state index contributed by atoms with van der Waals surface area (Å²) in [6.45, 7) is 0. The van der Waals surface area contributed by atoms with Crippen molar-refractivity contribution in [1.82, 2.24) is 4.98 Å². The standard InChI is InChI=1S/C19H13NO/c21-19-11-4-2-7-15(19)14-8-5-10-18-16(14)12-13-6-1-3-9-17(13)20-18/h1-12,21H. The average Bonchev–Trinajstić information content (AvgIpc) is 2.53.